The van der Waals surface area contributed by atoms with Crippen molar-refractivity contribution in [2.75, 3.05) is 13.1 Å². The monoisotopic (exact) mass is 371 g/mol. The van der Waals surface area contributed by atoms with Gasteiger partial charge in [0, 0.05) is 18.7 Å². The van der Waals surface area contributed by atoms with Crippen molar-refractivity contribution in [3.05, 3.63) is 27.2 Å². The van der Waals surface area contributed by atoms with Crippen LogP contribution in [-0.2, 0) is 6.54 Å². The van der Waals surface area contributed by atoms with Crippen molar-refractivity contribution in [2.24, 2.45) is 0 Å². The fourth-order valence-electron chi connectivity index (χ4n) is 3.07. The largest absolute Gasteiger partial charge is 0.331 e. The van der Waals surface area contributed by atoms with Crippen molar-refractivity contribution < 1.29 is 4.39 Å². The fourth-order valence-corrected chi connectivity index (χ4v) is 3.70. The number of H-pyrrole nitrogens is 1. The Morgan fingerprint density at radius 1 is 1.33 bits per heavy atom. The quantitative estimate of drug-likeness (QED) is 0.804. The maximum Gasteiger partial charge on any atom is 0.178 e. The van der Waals surface area contributed by atoms with Gasteiger partial charge >= 0.3 is 0 Å². The first-order valence-electron chi connectivity index (χ1n) is 7.38. The van der Waals surface area contributed by atoms with E-state index in [0.717, 1.165) is 30.7 Å². The fraction of sp³-hybridized carbons (Fsp3) is 0.533. The zero-order chi connectivity index (χ0) is 15.0. The molecule has 1 fully saturated rings. The van der Waals surface area contributed by atoms with Crippen LogP contribution in [0.3, 0.4) is 0 Å². The van der Waals surface area contributed by atoms with E-state index in [1.54, 1.807) is 12.1 Å². The summed E-state index contributed by atoms with van der Waals surface area (Å²) >= 11 is 8.63. The van der Waals surface area contributed by atoms with E-state index in [1.807, 2.05) is 4.57 Å². The Morgan fingerprint density at radius 3 is 2.76 bits per heavy atom. The summed E-state index contributed by atoms with van der Waals surface area (Å²) < 4.78 is 16.9. The Kier molecular flexibility index (Phi) is 4.47. The van der Waals surface area contributed by atoms with Crippen LogP contribution in [0.25, 0.3) is 11.0 Å². The standard InChI is InChI=1S/C15H19BrFN3S/c1-10(19-5-3-2-4-6-19)9-20-14-8-12(17)11(16)7-13(14)18-15(20)21/h7-8,10H,2-6,9H2,1H3,(H,18,21). The van der Waals surface area contributed by atoms with Crippen LogP contribution in [0.2, 0.25) is 0 Å². The third-order valence-corrected chi connectivity index (χ3v) is 5.21. The zero-order valence-corrected chi connectivity index (χ0v) is 14.4. The van der Waals surface area contributed by atoms with E-state index in [1.165, 1.54) is 19.3 Å². The van der Waals surface area contributed by atoms with Gasteiger partial charge in [-0.05, 0) is 67.1 Å². The highest BCUT2D eigenvalue weighted by molar-refractivity contribution is 9.10. The lowest BCUT2D eigenvalue weighted by molar-refractivity contribution is 0.160. The van der Waals surface area contributed by atoms with Gasteiger partial charge in [0.05, 0.1) is 15.5 Å². The Bertz CT molecular complexity index is 703. The van der Waals surface area contributed by atoms with Crippen LogP contribution in [0, 0.1) is 10.6 Å². The number of halogens is 2. The summed E-state index contributed by atoms with van der Waals surface area (Å²) in [5, 5.41) is 0. The minimum absolute atomic E-state index is 0.254. The topological polar surface area (TPSA) is 24.0 Å². The van der Waals surface area contributed by atoms with Crippen LogP contribution in [0.4, 0.5) is 4.39 Å². The highest BCUT2D eigenvalue weighted by Crippen LogP contribution is 2.24. The number of benzene rings is 1. The second-order valence-electron chi connectivity index (χ2n) is 5.77. The van der Waals surface area contributed by atoms with Crippen LogP contribution >= 0.6 is 28.1 Å². The molecule has 0 bridgehead atoms. The molecule has 21 heavy (non-hydrogen) atoms. The van der Waals surface area contributed by atoms with Crippen LogP contribution in [-0.4, -0.2) is 33.6 Å². The number of likely N-dealkylation sites (tertiary alicyclic amines) is 1. The maximum atomic E-state index is 13.8. The number of hydrogen-bond donors (Lipinski definition) is 1. The van der Waals surface area contributed by atoms with Gasteiger partial charge in [0.25, 0.3) is 0 Å². The van der Waals surface area contributed by atoms with E-state index >= 15 is 0 Å². The van der Waals surface area contributed by atoms with Crippen LogP contribution in [0.5, 0.6) is 0 Å². The second kappa shape index (κ2) is 6.18. The number of piperidine rings is 1. The molecule has 2 aromatic rings. The molecule has 1 aromatic carbocycles. The van der Waals surface area contributed by atoms with Crippen molar-refractivity contribution in [2.45, 2.75) is 38.8 Å². The van der Waals surface area contributed by atoms with E-state index < -0.39 is 0 Å². The third kappa shape index (κ3) is 3.07. The Balaban J connectivity index is 1.91. The molecule has 1 unspecified atom stereocenters. The molecule has 0 radical (unpaired) electrons. The van der Waals surface area contributed by atoms with Gasteiger partial charge in [-0.1, -0.05) is 6.42 Å². The van der Waals surface area contributed by atoms with E-state index in [-0.39, 0.29) is 5.82 Å². The van der Waals surface area contributed by atoms with Gasteiger partial charge in [0.2, 0.25) is 0 Å². The summed E-state index contributed by atoms with van der Waals surface area (Å²) in [5.74, 6) is -0.254. The SMILES string of the molecule is CC(Cn1c(=S)[nH]c2cc(Br)c(F)cc21)N1CCCCC1. The highest BCUT2D eigenvalue weighted by atomic mass is 79.9. The summed E-state index contributed by atoms with van der Waals surface area (Å²) in [4.78, 5) is 5.67. The lowest BCUT2D eigenvalue weighted by Gasteiger charge is -2.32. The summed E-state index contributed by atoms with van der Waals surface area (Å²) in [5.41, 5.74) is 1.71. The number of aromatic nitrogens is 2. The Morgan fingerprint density at radius 2 is 2.05 bits per heavy atom. The third-order valence-electron chi connectivity index (χ3n) is 4.28. The molecule has 1 atom stereocenters. The first-order chi connectivity index (χ1) is 10.1. The van der Waals surface area contributed by atoms with Crippen LogP contribution in [0.15, 0.2) is 16.6 Å². The average Bonchev–Trinajstić information content (AvgIpc) is 2.76. The molecule has 6 heteroatoms. The molecule has 1 aromatic heterocycles. The normalized spacial score (nSPS) is 18.2. The lowest BCUT2D eigenvalue weighted by Crippen LogP contribution is -2.39. The van der Waals surface area contributed by atoms with Gasteiger partial charge in [-0.25, -0.2) is 4.39 Å². The molecule has 0 spiro atoms. The van der Waals surface area contributed by atoms with Gasteiger partial charge < -0.3 is 9.55 Å². The van der Waals surface area contributed by atoms with E-state index in [4.69, 9.17) is 12.2 Å². The molecule has 2 heterocycles. The number of rotatable bonds is 3. The van der Waals surface area contributed by atoms with Gasteiger partial charge in [0.1, 0.15) is 5.82 Å². The number of nitrogens with one attached hydrogen (secondary N) is 1. The van der Waals surface area contributed by atoms with Gasteiger partial charge in [-0.3, -0.25) is 4.90 Å². The molecule has 114 valence electrons. The summed E-state index contributed by atoms with van der Waals surface area (Å²) in [6.07, 6.45) is 3.87. The molecule has 0 amide bonds. The minimum atomic E-state index is -0.254. The van der Waals surface area contributed by atoms with E-state index in [0.29, 0.717) is 15.3 Å². The smallest absolute Gasteiger partial charge is 0.178 e. The maximum absolute atomic E-state index is 13.8. The molecule has 1 aliphatic heterocycles. The number of nitrogens with zero attached hydrogens (tertiary/aromatic N) is 2. The van der Waals surface area contributed by atoms with Crippen molar-refractivity contribution in [3.8, 4) is 0 Å². The number of aromatic amines is 1. The summed E-state index contributed by atoms with van der Waals surface area (Å²) in [6, 6.07) is 3.71. The lowest BCUT2D eigenvalue weighted by atomic mass is 10.1. The molecule has 0 saturated carbocycles. The summed E-state index contributed by atoms with van der Waals surface area (Å²) in [6.45, 7) is 5.31. The molecule has 1 aliphatic rings. The number of imidazole rings is 1. The van der Waals surface area contributed by atoms with Crippen molar-refractivity contribution in [1.82, 2.24) is 14.5 Å². The van der Waals surface area contributed by atoms with Crippen molar-refractivity contribution >= 4 is 39.2 Å². The second-order valence-corrected chi connectivity index (χ2v) is 7.01. The zero-order valence-electron chi connectivity index (χ0n) is 12.0. The van der Waals surface area contributed by atoms with E-state index in [2.05, 4.69) is 32.7 Å². The van der Waals surface area contributed by atoms with Crippen molar-refractivity contribution in [1.29, 1.82) is 0 Å². The molecule has 3 nitrogen and oxygen atoms in total. The van der Waals surface area contributed by atoms with Crippen molar-refractivity contribution in [3.63, 3.8) is 0 Å². The number of hydrogen-bond acceptors (Lipinski definition) is 2. The number of fused-ring (bicyclic) bond motifs is 1. The molecule has 1 N–H and O–H groups in total. The predicted octanol–water partition coefficient (Wildman–Crippen LogP) is 4.47. The first kappa shape index (κ1) is 15.2. The first-order valence-corrected chi connectivity index (χ1v) is 8.58. The van der Waals surface area contributed by atoms with Gasteiger partial charge in [-0.2, -0.15) is 0 Å². The molecule has 1 saturated heterocycles. The van der Waals surface area contributed by atoms with Crippen LogP contribution < -0.4 is 0 Å². The van der Waals surface area contributed by atoms with Gasteiger partial charge in [0.15, 0.2) is 4.77 Å². The molecular formula is C15H19BrFN3S. The average molecular weight is 372 g/mol. The Hall–Kier alpha value is -0.720. The molecular weight excluding hydrogens is 353 g/mol. The minimum Gasteiger partial charge on any atom is -0.331 e. The van der Waals surface area contributed by atoms with Crippen LogP contribution in [0.1, 0.15) is 26.2 Å². The Labute approximate surface area is 137 Å². The molecule has 0 aliphatic carbocycles. The molecule has 3 rings (SSSR count). The highest BCUT2D eigenvalue weighted by Gasteiger charge is 2.18. The van der Waals surface area contributed by atoms with E-state index in [9.17, 15) is 4.39 Å². The predicted molar refractivity (Wildman–Crippen MR) is 89.7 cm³/mol. The summed E-state index contributed by atoms with van der Waals surface area (Å²) in [7, 11) is 0. The van der Waals surface area contributed by atoms with Gasteiger partial charge in [-0.15, -0.1) is 0 Å².